The molecule has 0 saturated carbocycles. The van der Waals surface area contributed by atoms with Gasteiger partial charge in [-0.2, -0.15) is 0 Å². The summed E-state index contributed by atoms with van der Waals surface area (Å²) in [7, 11) is -9.90. The number of hydrogen-bond donors (Lipinski definition) is 3. The first-order chi connectivity index (χ1) is 43.9. The van der Waals surface area contributed by atoms with Crippen LogP contribution in [0.25, 0.3) is 0 Å². The summed E-state index contributed by atoms with van der Waals surface area (Å²) in [5.41, 5.74) is 0. The van der Waals surface area contributed by atoms with Gasteiger partial charge in [0.1, 0.15) is 19.3 Å². The van der Waals surface area contributed by atoms with Crippen LogP contribution in [0.15, 0.2) is 0 Å². The summed E-state index contributed by atoms with van der Waals surface area (Å²) >= 11 is 0. The molecule has 0 heterocycles. The van der Waals surface area contributed by atoms with Crippen molar-refractivity contribution in [2.75, 3.05) is 39.6 Å². The number of phosphoric ester groups is 2. The molecule has 0 aliphatic rings. The van der Waals surface area contributed by atoms with Crippen molar-refractivity contribution in [3.05, 3.63) is 0 Å². The van der Waals surface area contributed by atoms with E-state index >= 15 is 0 Å². The minimum absolute atomic E-state index is 0.106. The Morgan fingerprint density at radius 2 is 0.560 bits per heavy atom. The number of unbranched alkanes of at least 4 members (excludes halogenated alkanes) is 40. The molecule has 0 aliphatic heterocycles. The van der Waals surface area contributed by atoms with Crippen LogP contribution in [0, 0.1) is 11.8 Å². The summed E-state index contributed by atoms with van der Waals surface area (Å²) in [4.78, 5) is 72.6. The van der Waals surface area contributed by atoms with Crippen LogP contribution in [0.4, 0.5) is 0 Å². The predicted octanol–water partition coefficient (Wildman–Crippen LogP) is 20.8. The van der Waals surface area contributed by atoms with Crippen molar-refractivity contribution in [3.8, 4) is 0 Å². The van der Waals surface area contributed by atoms with Crippen LogP contribution in [-0.2, 0) is 65.4 Å². The number of ether oxygens (including phenoxy) is 4. The summed E-state index contributed by atoms with van der Waals surface area (Å²) in [6.07, 6.45) is 49.9. The van der Waals surface area contributed by atoms with E-state index in [-0.39, 0.29) is 25.7 Å². The molecule has 6 atom stereocenters. The van der Waals surface area contributed by atoms with Gasteiger partial charge >= 0.3 is 39.5 Å². The average molecular weight is 1340 g/mol. The van der Waals surface area contributed by atoms with Gasteiger partial charge in [0.15, 0.2) is 12.2 Å². The van der Waals surface area contributed by atoms with E-state index in [0.717, 1.165) is 102 Å². The molecule has 3 unspecified atom stereocenters. The fraction of sp³-hybridized carbons (Fsp3) is 0.944. The highest BCUT2D eigenvalue weighted by molar-refractivity contribution is 7.47. The van der Waals surface area contributed by atoms with Crippen molar-refractivity contribution in [2.24, 2.45) is 11.8 Å². The lowest BCUT2D eigenvalue weighted by atomic mass is 9.99. The van der Waals surface area contributed by atoms with Gasteiger partial charge in [-0.15, -0.1) is 0 Å². The molecule has 0 rings (SSSR count). The molecular formula is C72H140O17P2. The first-order valence-corrected chi connectivity index (χ1v) is 40.5. The van der Waals surface area contributed by atoms with Crippen molar-refractivity contribution in [1.82, 2.24) is 0 Å². The maximum atomic E-state index is 13.0. The number of carbonyl (C=O) groups is 4. The molecule has 17 nitrogen and oxygen atoms in total. The van der Waals surface area contributed by atoms with Crippen molar-refractivity contribution in [2.45, 2.75) is 387 Å². The third-order valence-corrected chi connectivity index (χ3v) is 19.0. The Morgan fingerprint density at radius 1 is 0.319 bits per heavy atom. The van der Waals surface area contributed by atoms with Crippen LogP contribution < -0.4 is 0 Å². The molecule has 0 aliphatic carbocycles. The summed E-state index contributed by atoms with van der Waals surface area (Å²) in [6, 6.07) is 0. The molecule has 0 aromatic rings. The molecule has 0 aromatic heterocycles. The Kier molecular flexibility index (Phi) is 62.7. The molecule has 0 bridgehead atoms. The monoisotopic (exact) mass is 1340 g/mol. The van der Waals surface area contributed by atoms with Gasteiger partial charge in [-0.3, -0.25) is 37.3 Å². The van der Waals surface area contributed by atoms with E-state index in [0.29, 0.717) is 31.6 Å². The highest BCUT2D eigenvalue weighted by Crippen LogP contribution is 2.45. The molecule has 19 heteroatoms. The Labute approximate surface area is 556 Å². The maximum absolute atomic E-state index is 13.0. The standard InChI is InChI=1S/C72H140O17P2/c1-7-10-12-14-16-18-20-22-23-24-25-27-33-37-45-51-57-72(77)88-67(60-82-69(74)54-48-42-35-31-29-28-30-34-41-47-53-65(6)9-3)62-86-90(78,79)84-58-66(73)59-85-91(80,81)87-63-68(61-83-70(75)55-49-43-39-38-40-46-52-64(4)5)89-71(76)56-50-44-36-32-26-21-19-17-15-13-11-8-2/h64-68,73H,7-63H2,1-6H3,(H,78,79)(H,80,81)/t65?,66-,67-,68-/m1/s1. The van der Waals surface area contributed by atoms with E-state index in [4.69, 9.17) is 37.0 Å². The van der Waals surface area contributed by atoms with E-state index in [1.165, 1.54) is 180 Å². The van der Waals surface area contributed by atoms with Crippen LogP contribution in [0.1, 0.15) is 369 Å². The van der Waals surface area contributed by atoms with E-state index < -0.39 is 97.5 Å². The summed E-state index contributed by atoms with van der Waals surface area (Å²) < 4.78 is 68.3. The normalized spacial score (nSPS) is 14.4. The van der Waals surface area contributed by atoms with Crippen molar-refractivity contribution in [3.63, 3.8) is 0 Å². The van der Waals surface area contributed by atoms with Crippen molar-refractivity contribution < 1.29 is 80.2 Å². The Hall–Kier alpha value is -1.94. The Balaban J connectivity index is 5.24. The molecule has 540 valence electrons. The van der Waals surface area contributed by atoms with Gasteiger partial charge in [0.05, 0.1) is 26.4 Å². The number of aliphatic hydroxyl groups is 1. The topological polar surface area (TPSA) is 237 Å². The average Bonchev–Trinajstić information content (AvgIpc) is 3.51. The lowest BCUT2D eigenvalue weighted by Gasteiger charge is -2.21. The van der Waals surface area contributed by atoms with E-state index in [9.17, 15) is 43.2 Å². The molecule has 0 fully saturated rings. The lowest BCUT2D eigenvalue weighted by Crippen LogP contribution is -2.30. The summed E-state index contributed by atoms with van der Waals surface area (Å²) in [5.74, 6) is -0.632. The second-order valence-corrected chi connectivity index (χ2v) is 29.6. The quantitative estimate of drug-likeness (QED) is 0.0222. The lowest BCUT2D eigenvalue weighted by molar-refractivity contribution is -0.161. The van der Waals surface area contributed by atoms with E-state index in [2.05, 4.69) is 41.5 Å². The van der Waals surface area contributed by atoms with E-state index in [1.54, 1.807) is 0 Å². The van der Waals surface area contributed by atoms with Crippen LogP contribution in [0.5, 0.6) is 0 Å². The zero-order valence-corrected chi connectivity index (χ0v) is 60.9. The summed E-state index contributed by atoms with van der Waals surface area (Å²) in [5, 5.41) is 10.6. The molecule has 3 N–H and O–H groups in total. The zero-order chi connectivity index (χ0) is 67.2. The largest absolute Gasteiger partial charge is 0.472 e. The Morgan fingerprint density at radius 3 is 0.835 bits per heavy atom. The third kappa shape index (κ3) is 65.1. The molecule has 0 amide bonds. The molecule has 0 saturated heterocycles. The number of esters is 4. The van der Waals surface area contributed by atoms with Gasteiger partial charge in [0.25, 0.3) is 0 Å². The second kappa shape index (κ2) is 64.1. The Bertz CT molecular complexity index is 1770. The van der Waals surface area contributed by atoms with Gasteiger partial charge < -0.3 is 33.8 Å². The van der Waals surface area contributed by atoms with Gasteiger partial charge in [-0.1, -0.05) is 318 Å². The van der Waals surface area contributed by atoms with Gasteiger partial charge in [-0.05, 0) is 37.5 Å². The van der Waals surface area contributed by atoms with Gasteiger partial charge in [-0.25, -0.2) is 9.13 Å². The number of phosphoric acid groups is 2. The molecule has 0 aromatic carbocycles. The minimum Gasteiger partial charge on any atom is -0.462 e. The minimum atomic E-state index is -4.95. The highest BCUT2D eigenvalue weighted by atomic mass is 31.2. The molecule has 0 radical (unpaired) electrons. The maximum Gasteiger partial charge on any atom is 0.472 e. The van der Waals surface area contributed by atoms with Crippen LogP contribution in [0.2, 0.25) is 0 Å². The van der Waals surface area contributed by atoms with E-state index in [1.807, 2.05) is 0 Å². The number of carbonyl (C=O) groups excluding carboxylic acids is 4. The highest BCUT2D eigenvalue weighted by Gasteiger charge is 2.30. The molecule has 0 spiro atoms. The fourth-order valence-corrected chi connectivity index (χ4v) is 12.5. The molecular weight excluding hydrogens is 1200 g/mol. The zero-order valence-electron chi connectivity index (χ0n) is 59.1. The SMILES string of the molecule is CCCCCCCCCCCCCCCCCCC(=O)O[C@H](COC(=O)CCCCCCCCCCCCC(C)CC)COP(=O)(O)OC[C@@H](O)COP(=O)(O)OC[C@@H](COC(=O)CCCCCCCCC(C)C)OC(=O)CCCCCCCCCCCCCC. The fourth-order valence-electron chi connectivity index (χ4n) is 10.9. The van der Waals surface area contributed by atoms with Crippen LogP contribution >= 0.6 is 15.6 Å². The van der Waals surface area contributed by atoms with Crippen molar-refractivity contribution in [1.29, 1.82) is 0 Å². The first-order valence-electron chi connectivity index (χ1n) is 37.5. The molecule has 91 heavy (non-hydrogen) atoms. The summed E-state index contributed by atoms with van der Waals surface area (Å²) in [6.45, 7) is 9.51. The predicted molar refractivity (Wildman–Crippen MR) is 368 cm³/mol. The first kappa shape index (κ1) is 89.1. The smallest absolute Gasteiger partial charge is 0.462 e. The second-order valence-electron chi connectivity index (χ2n) is 26.7. The number of rotatable bonds is 71. The van der Waals surface area contributed by atoms with Gasteiger partial charge in [0, 0.05) is 25.7 Å². The van der Waals surface area contributed by atoms with Crippen molar-refractivity contribution >= 4 is 39.5 Å². The van der Waals surface area contributed by atoms with Crippen LogP contribution in [-0.4, -0.2) is 96.7 Å². The van der Waals surface area contributed by atoms with Crippen LogP contribution in [0.3, 0.4) is 0 Å². The van der Waals surface area contributed by atoms with Gasteiger partial charge in [0.2, 0.25) is 0 Å². The number of aliphatic hydroxyl groups excluding tert-OH is 1. The third-order valence-electron chi connectivity index (χ3n) is 17.1. The number of hydrogen-bond acceptors (Lipinski definition) is 15.